The SMILES string of the molecule is COC(=O)CSCc1csc(NC(=O)c2cc(Oc3ccccc3)cc(OC(C)C)c2)n1. The lowest BCUT2D eigenvalue weighted by molar-refractivity contribution is -0.137. The van der Waals surface area contributed by atoms with E-state index >= 15 is 0 Å². The van der Waals surface area contributed by atoms with Crippen molar-refractivity contribution in [3.63, 3.8) is 0 Å². The Kier molecular flexibility index (Phi) is 8.52. The topological polar surface area (TPSA) is 86.8 Å². The molecule has 168 valence electrons. The summed E-state index contributed by atoms with van der Waals surface area (Å²) in [5, 5.41) is 5.14. The van der Waals surface area contributed by atoms with Crippen LogP contribution < -0.4 is 14.8 Å². The molecular weight excluding hydrogens is 448 g/mol. The quantitative estimate of drug-likeness (QED) is 0.396. The van der Waals surface area contributed by atoms with Crippen molar-refractivity contribution in [2.75, 3.05) is 18.2 Å². The number of hydrogen-bond donors (Lipinski definition) is 1. The molecule has 0 aliphatic carbocycles. The van der Waals surface area contributed by atoms with Crippen molar-refractivity contribution < 1.29 is 23.8 Å². The maximum atomic E-state index is 12.9. The minimum atomic E-state index is -0.319. The molecule has 0 spiro atoms. The number of carbonyl (C=O) groups is 2. The predicted molar refractivity (Wildman–Crippen MR) is 127 cm³/mol. The standard InChI is InChI=1S/C23H24N2O5S2/c1-15(2)29-19-9-16(10-20(11-19)30-18-7-5-4-6-8-18)22(27)25-23-24-17(13-32-23)12-31-14-21(26)28-3/h4-11,13,15H,12,14H2,1-3H3,(H,24,25,27). The first-order valence-corrected chi connectivity index (χ1v) is 11.9. The number of carbonyl (C=O) groups excluding carboxylic acids is 2. The van der Waals surface area contributed by atoms with Crippen LogP contribution in [0, 0.1) is 0 Å². The van der Waals surface area contributed by atoms with E-state index < -0.39 is 0 Å². The highest BCUT2D eigenvalue weighted by atomic mass is 32.2. The van der Waals surface area contributed by atoms with E-state index in [1.54, 1.807) is 18.2 Å². The van der Waals surface area contributed by atoms with Gasteiger partial charge < -0.3 is 14.2 Å². The van der Waals surface area contributed by atoms with E-state index in [4.69, 9.17) is 9.47 Å². The average molecular weight is 473 g/mol. The molecule has 0 unspecified atom stereocenters. The van der Waals surface area contributed by atoms with Crippen molar-refractivity contribution in [2.45, 2.75) is 25.7 Å². The van der Waals surface area contributed by atoms with Crippen LogP contribution in [0.1, 0.15) is 29.9 Å². The summed E-state index contributed by atoms with van der Waals surface area (Å²) in [4.78, 5) is 28.5. The number of thioether (sulfide) groups is 1. The highest BCUT2D eigenvalue weighted by Gasteiger charge is 2.14. The van der Waals surface area contributed by atoms with Gasteiger partial charge in [0.1, 0.15) is 17.2 Å². The second-order valence-corrected chi connectivity index (χ2v) is 8.79. The average Bonchev–Trinajstić information content (AvgIpc) is 3.20. The summed E-state index contributed by atoms with van der Waals surface area (Å²) >= 11 is 2.73. The van der Waals surface area contributed by atoms with Crippen LogP contribution in [0.15, 0.2) is 53.9 Å². The van der Waals surface area contributed by atoms with Gasteiger partial charge in [0.2, 0.25) is 0 Å². The fraction of sp³-hybridized carbons (Fsp3) is 0.261. The Morgan fingerprint density at radius 3 is 2.56 bits per heavy atom. The third-order valence-electron chi connectivity index (χ3n) is 3.96. The van der Waals surface area contributed by atoms with Crippen LogP contribution in [0.25, 0.3) is 0 Å². The molecule has 3 aromatic rings. The van der Waals surface area contributed by atoms with E-state index in [9.17, 15) is 9.59 Å². The predicted octanol–water partition coefficient (Wildman–Crippen LogP) is 5.38. The summed E-state index contributed by atoms with van der Waals surface area (Å²) in [6.07, 6.45) is -0.0538. The van der Waals surface area contributed by atoms with Crippen molar-refractivity contribution in [1.29, 1.82) is 0 Å². The lowest BCUT2D eigenvalue weighted by Gasteiger charge is -2.14. The van der Waals surface area contributed by atoms with Crippen LogP contribution in [0.3, 0.4) is 0 Å². The van der Waals surface area contributed by atoms with Crippen molar-refractivity contribution in [1.82, 2.24) is 4.98 Å². The van der Waals surface area contributed by atoms with E-state index in [1.165, 1.54) is 30.2 Å². The summed E-state index contributed by atoms with van der Waals surface area (Å²) in [5.74, 6) is 1.90. The maximum Gasteiger partial charge on any atom is 0.315 e. The second kappa shape index (κ2) is 11.5. The number of methoxy groups -OCH3 is 1. The molecule has 0 saturated heterocycles. The summed E-state index contributed by atoms with van der Waals surface area (Å²) in [6.45, 7) is 3.83. The number of esters is 1. The van der Waals surface area contributed by atoms with Crippen LogP contribution in [0.4, 0.5) is 5.13 Å². The van der Waals surface area contributed by atoms with Crippen LogP contribution in [-0.4, -0.2) is 35.8 Å². The van der Waals surface area contributed by atoms with Crippen LogP contribution in [-0.2, 0) is 15.3 Å². The summed E-state index contributed by atoms with van der Waals surface area (Å²) in [5.41, 5.74) is 1.18. The van der Waals surface area contributed by atoms with Crippen molar-refractivity contribution in [2.24, 2.45) is 0 Å². The number of para-hydroxylation sites is 1. The fourth-order valence-corrected chi connectivity index (χ4v) is 4.18. The highest BCUT2D eigenvalue weighted by molar-refractivity contribution is 7.99. The number of nitrogens with one attached hydrogen (secondary N) is 1. The molecule has 1 heterocycles. The number of nitrogens with zero attached hydrogens (tertiary/aromatic N) is 1. The third-order valence-corrected chi connectivity index (χ3v) is 5.71. The number of amides is 1. The number of thiazole rings is 1. The second-order valence-electron chi connectivity index (χ2n) is 6.94. The Balaban J connectivity index is 1.71. The number of benzene rings is 2. The van der Waals surface area contributed by atoms with E-state index in [0.717, 1.165) is 5.69 Å². The minimum absolute atomic E-state index is 0.0538. The molecule has 0 bridgehead atoms. The zero-order valence-electron chi connectivity index (χ0n) is 18.0. The van der Waals surface area contributed by atoms with Gasteiger partial charge in [-0.05, 0) is 38.1 Å². The van der Waals surface area contributed by atoms with E-state index in [1.807, 2.05) is 49.6 Å². The molecule has 0 saturated carbocycles. The molecular formula is C23H24N2O5S2. The molecule has 0 atom stereocenters. The van der Waals surface area contributed by atoms with Crippen LogP contribution >= 0.6 is 23.1 Å². The van der Waals surface area contributed by atoms with Crippen LogP contribution in [0.2, 0.25) is 0 Å². The molecule has 0 fully saturated rings. The number of aromatic nitrogens is 1. The Bertz CT molecular complexity index is 1050. The van der Waals surface area contributed by atoms with Gasteiger partial charge in [-0.3, -0.25) is 14.9 Å². The molecule has 1 aromatic heterocycles. The van der Waals surface area contributed by atoms with Crippen LogP contribution in [0.5, 0.6) is 17.2 Å². The molecule has 0 aliphatic heterocycles. The lowest BCUT2D eigenvalue weighted by Crippen LogP contribution is -2.13. The van der Waals surface area contributed by atoms with Gasteiger partial charge in [0.05, 0.1) is 24.7 Å². The van der Waals surface area contributed by atoms with E-state index in [0.29, 0.717) is 33.7 Å². The molecule has 2 aromatic carbocycles. The number of ether oxygens (including phenoxy) is 3. The lowest BCUT2D eigenvalue weighted by atomic mass is 10.2. The molecule has 3 rings (SSSR count). The molecule has 1 N–H and O–H groups in total. The Morgan fingerprint density at radius 2 is 1.84 bits per heavy atom. The van der Waals surface area contributed by atoms with Gasteiger partial charge in [0.15, 0.2) is 5.13 Å². The van der Waals surface area contributed by atoms with Gasteiger partial charge in [-0.2, -0.15) is 0 Å². The number of rotatable bonds is 10. The van der Waals surface area contributed by atoms with Gasteiger partial charge in [-0.1, -0.05) is 18.2 Å². The summed E-state index contributed by atoms with van der Waals surface area (Å²) in [7, 11) is 1.36. The summed E-state index contributed by atoms with van der Waals surface area (Å²) < 4.78 is 16.3. The molecule has 7 nitrogen and oxygen atoms in total. The number of hydrogen-bond acceptors (Lipinski definition) is 8. The Hall–Kier alpha value is -3.04. The molecule has 1 amide bonds. The third kappa shape index (κ3) is 7.28. The van der Waals surface area contributed by atoms with E-state index in [2.05, 4.69) is 15.0 Å². The largest absolute Gasteiger partial charge is 0.491 e. The smallest absolute Gasteiger partial charge is 0.315 e. The van der Waals surface area contributed by atoms with Gasteiger partial charge in [0.25, 0.3) is 5.91 Å². The molecule has 9 heteroatoms. The first kappa shape index (κ1) is 23.6. The zero-order valence-corrected chi connectivity index (χ0v) is 19.6. The van der Waals surface area contributed by atoms with E-state index in [-0.39, 0.29) is 23.7 Å². The first-order chi connectivity index (χ1) is 15.4. The van der Waals surface area contributed by atoms with Crippen molar-refractivity contribution >= 4 is 40.1 Å². The molecule has 0 radical (unpaired) electrons. The fourth-order valence-electron chi connectivity index (χ4n) is 2.62. The van der Waals surface area contributed by atoms with Gasteiger partial charge in [0, 0.05) is 22.8 Å². The van der Waals surface area contributed by atoms with Gasteiger partial charge in [-0.15, -0.1) is 23.1 Å². The highest BCUT2D eigenvalue weighted by Crippen LogP contribution is 2.29. The zero-order chi connectivity index (χ0) is 22.9. The summed E-state index contributed by atoms with van der Waals surface area (Å²) in [6, 6.07) is 14.4. The minimum Gasteiger partial charge on any atom is -0.491 e. The van der Waals surface area contributed by atoms with Crippen molar-refractivity contribution in [3.05, 3.63) is 65.2 Å². The molecule has 0 aliphatic rings. The monoisotopic (exact) mass is 472 g/mol. The normalized spacial score (nSPS) is 10.6. The van der Waals surface area contributed by atoms with Gasteiger partial charge >= 0.3 is 5.97 Å². The first-order valence-electron chi connectivity index (χ1n) is 9.88. The van der Waals surface area contributed by atoms with Crippen molar-refractivity contribution in [3.8, 4) is 17.2 Å². The van der Waals surface area contributed by atoms with Gasteiger partial charge in [-0.25, -0.2) is 4.98 Å². The number of anilines is 1. The maximum absolute atomic E-state index is 12.9. The Morgan fingerprint density at radius 1 is 1.09 bits per heavy atom. The molecule has 32 heavy (non-hydrogen) atoms. The Labute approximate surface area is 195 Å².